The van der Waals surface area contributed by atoms with E-state index in [0.717, 1.165) is 18.4 Å². The van der Waals surface area contributed by atoms with Crippen molar-refractivity contribution in [3.05, 3.63) is 18.0 Å². The van der Waals surface area contributed by atoms with Crippen molar-refractivity contribution in [2.24, 2.45) is 12.8 Å². The zero-order chi connectivity index (χ0) is 13.1. The highest BCUT2D eigenvalue weighted by molar-refractivity contribution is 5.80. The number of carbonyl (C=O) groups excluding carboxylic acids is 1. The summed E-state index contributed by atoms with van der Waals surface area (Å²) in [4.78, 5) is 13.8. The van der Waals surface area contributed by atoms with Crippen LogP contribution in [0.1, 0.15) is 18.4 Å². The van der Waals surface area contributed by atoms with Gasteiger partial charge in [-0.15, -0.1) is 0 Å². The Morgan fingerprint density at radius 2 is 2.44 bits per heavy atom. The van der Waals surface area contributed by atoms with Gasteiger partial charge in [0.2, 0.25) is 0 Å². The molecule has 0 bridgehead atoms. The molecule has 2 atom stereocenters. The predicted molar refractivity (Wildman–Crippen MR) is 66.6 cm³/mol. The van der Waals surface area contributed by atoms with E-state index in [0.29, 0.717) is 13.1 Å². The summed E-state index contributed by atoms with van der Waals surface area (Å²) in [7, 11) is 3.64. The molecule has 100 valence electrons. The summed E-state index contributed by atoms with van der Waals surface area (Å²) in [6.45, 7) is 1.04. The van der Waals surface area contributed by atoms with Gasteiger partial charge in [0.15, 0.2) is 0 Å². The number of nitrogens with zero attached hydrogens (tertiary/aromatic N) is 3. The zero-order valence-corrected chi connectivity index (χ0v) is 10.9. The van der Waals surface area contributed by atoms with Crippen molar-refractivity contribution in [2.75, 3.05) is 13.6 Å². The van der Waals surface area contributed by atoms with E-state index >= 15 is 0 Å². The Balaban J connectivity index is 1.89. The Labute approximate surface area is 107 Å². The van der Waals surface area contributed by atoms with Crippen molar-refractivity contribution in [1.82, 2.24) is 14.7 Å². The monoisotopic (exact) mass is 252 g/mol. The Kier molecular flexibility index (Phi) is 3.98. The van der Waals surface area contributed by atoms with Crippen LogP contribution in [-0.2, 0) is 23.1 Å². The molecule has 1 aliphatic heterocycles. The van der Waals surface area contributed by atoms with Crippen molar-refractivity contribution in [2.45, 2.75) is 31.6 Å². The third-order valence-electron chi connectivity index (χ3n) is 3.20. The first-order valence-corrected chi connectivity index (χ1v) is 6.18. The highest BCUT2D eigenvalue weighted by Gasteiger charge is 2.31. The van der Waals surface area contributed by atoms with Crippen molar-refractivity contribution in [1.29, 1.82) is 0 Å². The summed E-state index contributed by atoms with van der Waals surface area (Å²) < 4.78 is 7.33. The number of amides is 1. The van der Waals surface area contributed by atoms with Crippen molar-refractivity contribution in [3.8, 4) is 0 Å². The molecule has 6 nitrogen and oxygen atoms in total. The zero-order valence-electron chi connectivity index (χ0n) is 10.9. The van der Waals surface area contributed by atoms with E-state index in [9.17, 15) is 4.79 Å². The third-order valence-corrected chi connectivity index (χ3v) is 3.20. The molecule has 1 aromatic heterocycles. The fraction of sp³-hybridized carbons (Fsp3) is 0.667. The molecule has 6 heteroatoms. The molecule has 0 saturated carbocycles. The molecule has 2 N–H and O–H groups in total. The number of aromatic nitrogens is 2. The maximum Gasteiger partial charge on any atom is 0.251 e. The molecule has 1 aromatic rings. The molecule has 2 heterocycles. The SMILES string of the molecule is CN(Cc1cnn(C)c1)C(=O)C1CCC(CN)O1. The minimum absolute atomic E-state index is 0.0230. The average Bonchev–Trinajstić information content (AvgIpc) is 2.97. The minimum Gasteiger partial charge on any atom is -0.364 e. The lowest BCUT2D eigenvalue weighted by Crippen LogP contribution is -2.36. The number of likely N-dealkylation sites (N-methyl/N-ethyl adjacent to an activating group) is 1. The van der Waals surface area contributed by atoms with Gasteiger partial charge in [0.1, 0.15) is 6.10 Å². The van der Waals surface area contributed by atoms with Crippen LogP contribution in [-0.4, -0.2) is 46.4 Å². The fourth-order valence-electron chi connectivity index (χ4n) is 2.21. The van der Waals surface area contributed by atoms with Crippen LogP contribution in [0, 0.1) is 0 Å². The van der Waals surface area contributed by atoms with Crippen LogP contribution in [0.15, 0.2) is 12.4 Å². The molecule has 18 heavy (non-hydrogen) atoms. The van der Waals surface area contributed by atoms with E-state index in [-0.39, 0.29) is 18.1 Å². The van der Waals surface area contributed by atoms with Gasteiger partial charge in [-0.05, 0) is 12.8 Å². The Bertz CT molecular complexity index is 418. The Morgan fingerprint density at radius 1 is 1.67 bits per heavy atom. The molecule has 0 aliphatic carbocycles. The Morgan fingerprint density at radius 3 is 3.00 bits per heavy atom. The first kappa shape index (κ1) is 13.0. The van der Waals surface area contributed by atoms with Gasteiger partial charge in [-0.1, -0.05) is 0 Å². The quantitative estimate of drug-likeness (QED) is 0.811. The molecule has 0 radical (unpaired) electrons. The summed E-state index contributed by atoms with van der Waals surface area (Å²) in [6.07, 6.45) is 5.00. The molecule has 1 fully saturated rings. The second kappa shape index (κ2) is 5.49. The summed E-state index contributed by atoms with van der Waals surface area (Å²) in [5, 5.41) is 4.08. The molecule has 1 aliphatic rings. The number of rotatable bonds is 4. The van der Waals surface area contributed by atoms with E-state index in [4.69, 9.17) is 10.5 Å². The first-order chi connectivity index (χ1) is 8.60. The van der Waals surface area contributed by atoms with Crippen molar-refractivity contribution >= 4 is 5.91 Å². The van der Waals surface area contributed by atoms with Gasteiger partial charge in [-0.3, -0.25) is 9.48 Å². The average molecular weight is 252 g/mol. The van der Waals surface area contributed by atoms with Crippen LogP contribution in [0.5, 0.6) is 0 Å². The number of nitrogens with two attached hydrogens (primary N) is 1. The van der Waals surface area contributed by atoms with Gasteiger partial charge >= 0.3 is 0 Å². The topological polar surface area (TPSA) is 73.4 Å². The second-order valence-corrected chi connectivity index (χ2v) is 4.78. The van der Waals surface area contributed by atoms with Crippen LogP contribution >= 0.6 is 0 Å². The lowest BCUT2D eigenvalue weighted by molar-refractivity contribution is -0.141. The Hall–Kier alpha value is -1.40. The van der Waals surface area contributed by atoms with Crippen molar-refractivity contribution in [3.63, 3.8) is 0 Å². The van der Waals surface area contributed by atoms with Gasteiger partial charge < -0.3 is 15.4 Å². The molecule has 2 unspecified atom stereocenters. The third kappa shape index (κ3) is 2.88. The van der Waals surface area contributed by atoms with Crippen LogP contribution in [0.25, 0.3) is 0 Å². The molecular formula is C12H20N4O2. The number of ether oxygens (including phenoxy) is 1. The number of hydrogen-bond donors (Lipinski definition) is 1. The standard InChI is InChI=1S/C12H20N4O2/c1-15(7-9-6-14-16(2)8-9)12(17)11-4-3-10(5-13)18-11/h6,8,10-11H,3-5,7,13H2,1-2H3. The molecular weight excluding hydrogens is 232 g/mol. The predicted octanol–water partition coefficient (Wildman–Crippen LogP) is -0.115. The summed E-state index contributed by atoms with van der Waals surface area (Å²) >= 11 is 0. The van der Waals surface area contributed by atoms with E-state index in [1.54, 1.807) is 22.8 Å². The van der Waals surface area contributed by atoms with Crippen LogP contribution in [0.4, 0.5) is 0 Å². The van der Waals surface area contributed by atoms with Gasteiger partial charge in [-0.2, -0.15) is 5.10 Å². The number of hydrogen-bond acceptors (Lipinski definition) is 4. The smallest absolute Gasteiger partial charge is 0.251 e. The van der Waals surface area contributed by atoms with E-state index in [1.165, 1.54) is 0 Å². The van der Waals surface area contributed by atoms with Gasteiger partial charge in [0.05, 0.1) is 12.3 Å². The normalized spacial score (nSPS) is 23.3. The summed E-state index contributed by atoms with van der Waals surface area (Å²) in [5.41, 5.74) is 6.55. The van der Waals surface area contributed by atoms with E-state index in [1.807, 2.05) is 13.2 Å². The van der Waals surface area contributed by atoms with E-state index < -0.39 is 0 Å². The molecule has 0 spiro atoms. The summed E-state index contributed by atoms with van der Waals surface area (Å²) in [5.74, 6) is 0.0230. The lowest BCUT2D eigenvalue weighted by atomic mass is 10.2. The highest BCUT2D eigenvalue weighted by Crippen LogP contribution is 2.20. The summed E-state index contributed by atoms with van der Waals surface area (Å²) in [6, 6.07) is 0. The van der Waals surface area contributed by atoms with Gasteiger partial charge in [0.25, 0.3) is 5.91 Å². The lowest BCUT2D eigenvalue weighted by Gasteiger charge is -2.20. The molecule has 2 rings (SSSR count). The second-order valence-electron chi connectivity index (χ2n) is 4.78. The molecule has 0 aromatic carbocycles. The van der Waals surface area contributed by atoms with Gasteiger partial charge in [0, 0.05) is 38.9 Å². The minimum atomic E-state index is -0.333. The maximum absolute atomic E-state index is 12.2. The van der Waals surface area contributed by atoms with Gasteiger partial charge in [-0.25, -0.2) is 0 Å². The van der Waals surface area contributed by atoms with Crippen LogP contribution < -0.4 is 5.73 Å². The number of aryl methyl sites for hydroxylation is 1. The van der Waals surface area contributed by atoms with Crippen LogP contribution in [0.3, 0.4) is 0 Å². The number of carbonyl (C=O) groups is 1. The highest BCUT2D eigenvalue weighted by atomic mass is 16.5. The first-order valence-electron chi connectivity index (χ1n) is 6.18. The fourth-order valence-corrected chi connectivity index (χ4v) is 2.21. The largest absolute Gasteiger partial charge is 0.364 e. The van der Waals surface area contributed by atoms with Crippen molar-refractivity contribution < 1.29 is 9.53 Å². The molecule has 1 amide bonds. The molecule has 1 saturated heterocycles. The maximum atomic E-state index is 12.2. The van der Waals surface area contributed by atoms with Crippen LogP contribution in [0.2, 0.25) is 0 Å². The van der Waals surface area contributed by atoms with E-state index in [2.05, 4.69) is 5.10 Å².